The van der Waals surface area contributed by atoms with Crippen molar-refractivity contribution in [2.24, 2.45) is 0 Å². The summed E-state index contributed by atoms with van der Waals surface area (Å²) in [6.07, 6.45) is 12.2. The molecular weight excluding hydrogens is 319 g/mol. The molecule has 0 heterocycles. The first-order valence-corrected chi connectivity index (χ1v) is 12.9. The molecule has 0 aliphatic heterocycles. The van der Waals surface area contributed by atoms with Crippen molar-refractivity contribution in [1.82, 2.24) is 0 Å². The third-order valence-corrected chi connectivity index (χ3v) is 8.74. The highest BCUT2D eigenvalue weighted by Crippen LogP contribution is 2.61. The molecule has 0 N–H and O–H groups in total. The summed E-state index contributed by atoms with van der Waals surface area (Å²) in [6.45, 7) is 8.19. The monoisotopic (exact) mass is 354 g/mol. The lowest BCUT2D eigenvalue weighted by Crippen LogP contribution is -1.98. The zero-order chi connectivity index (χ0) is 15.8. The molecule has 0 radical (unpaired) electrons. The summed E-state index contributed by atoms with van der Waals surface area (Å²) >= 11 is 7.48. The molecule has 0 saturated heterocycles. The van der Waals surface area contributed by atoms with E-state index in [-0.39, 0.29) is 0 Å². The maximum absolute atomic E-state index is 5.99. The minimum atomic E-state index is -2.10. The summed E-state index contributed by atoms with van der Waals surface area (Å²) in [6, 6.07) is 0. The van der Waals surface area contributed by atoms with Crippen molar-refractivity contribution in [3.8, 4) is 0 Å². The fourth-order valence-corrected chi connectivity index (χ4v) is 6.43. The van der Waals surface area contributed by atoms with E-state index < -0.39 is 5.69 Å². The first-order valence-electron chi connectivity index (χ1n) is 8.72. The van der Waals surface area contributed by atoms with Crippen LogP contribution in [0.25, 0.3) is 0 Å². The van der Waals surface area contributed by atoms with Crippen molar-refractivity contribution >= 4 is 28.9 Å². The SMILES string of the molecule is CCCCCCSP(=S)(OCCCCC)OCCCCC. The highest BCUT2D eigenvalue weighted by molar-refractivity contribution is 8.67. The quantitative estimate of drug-likeness (QED) is 0.221. The minimum absolute atomic E-state index is 0.765. The normalized spacial score (nSPS) is 12.0. The smallest absolute Gasteiger partial charge is 0.247 e. The number of unbranched alkanes of at least 4 members (excludes halogenated alkanes) is 7. The molecule has 0 bridgehead atoms. The molecule has 0 aliphatic carbocycles. The van der Waals surface area contributed by atoms with E-state index in [0.717, 1.165) is 31.8 Å². The van der Waals surface area contributed by atoms with Crippen LogP contribution in [0, 0.1) is 0 Å². The van der Waals surface area contributed by atoms with Gasteiger partial charge in [0.1, 0.15) is 0 Å². The maximum Gasteiger partial charge on any atom is 0.247 e. The summed E-state index contributed by atoms with van der Waals surface area (Å²) in [5, 5.41) is 0. The maximum atomic E-state index is 5.99. The average molecular weight is 355 g/mol. The lowest BCUT2D eigenvalue weighted by atomic mass is 10.2. The Hall–Kier alpha value is 0.920. The molecule has 0 aromatic heterocycles. The van der Waals surface area contributed by atoms with Gasteiger partial charge in [-0.05, 0) is 31.1 Å². The molecule has 128 valence electrons. The molecule has 0 amide bonds. The van der Waals surface area contributed by atoms with Gasteiger partial charge < -0.3 is 9.05 Å². The van der Waals surface area contributed by atoms with E-state index in [4.69, 9.17) is 20.9 Å². The van der Waals surface area contributed by atoms with Gasteiger partial charge in [-0.25, -0.2) is 0 Å². The molecule has 0 fully saturated rings. The zero-order valence-electron chi connectivity index (χ0n) is 14.3. The van der Waals surface area contributed by atoms with Crippen molar-refractivity contribution in [3.05, 3.63) is 0 Å². The van der Waals surface area contributed by atoms with Crippen LogP contribution in [0.4, 0.5) is 0 Å². The molecule has 0 aromatic carbocycles. The van der Waals surface area contributed by atoms with Crippen molar-refractivity contribution in [2.45, 2.75) is 85.0 Å². The van der Waals surface area contributed by atoms with Crippen molar-refractivity contribution in [2.75, 3.05) is 19.0 Å². The van der Waals surface area contributed by atoms with Gasteiger partial charge in [-0.15, -0.1) is 0 Å². The summed E-state index contributed by atoms with van der Waals surface area (Å²) in [5.74, 6) is 1.08. The van der Waals surface area contributed by atoms with Crippen LogP contribution < -0.4 is 0 Å². The predicted octanol–water partition coefficient (Wildman–Crippen LogP) is 6.94. The van der Waals surface area contributed by atoms with E-state index in [1.165, 1.54) is 51.4 Å². The standard InChI is InChI=1S/C16H35O2PS2/c1-4-7-10-13-16-21-19(20,17-14-11-8-5-2)18-15-12-9-6-3/h4-16H2,1-3H3. The molecule has 0 saturated carbocycles. The molecule has 5 heteroatoms. The molecule has 2 nitrogen and oxygen atoms in total. The van der Waals surface area contributed by atoms with Crippen LogP contribution in [0.3, 0.4) is 0 Å². The van der Waals surface area contributed by atoms with Crippen LogP contribution in [-0.2, 0) is 20.9 Å². The fourth-order valence-electron chi connectivity index (χ4n) is 1.87. The van der Waals surface area contributed by atoms with Gasteiger partial charge in [0.2, 0.25) is 5.69 Å². The van der Waals surface area contributed by atoms with Crippen LogP contribution in [0.2, 0.25) is 0 Å². The molecule has 0 aromatic rings. The Kier molecular flexibility index (Phi) is 16.5. The van der Waals surface area contributed by atoms with Crippen LogP contribution >= 0.6 is 17.1 Å². The molecule has 0 atom stereocenters. The van der Waals surface area contributed by atoms with Gasteiger partial charge in [0.15, 0.2) is 0 Å². The number of hydrogen-bond acceptors (Lipinski definition) is 4. The number of hydrogen-bond donors (Lipinski definition) is 0. The largest absolute Gasteiger partial charge is 0.322 e. The Balaban J connectivity index is 4.02. The van der Waals surface area contributed by atoms with E-state index in [9.17, 15) is 0 Å². The first-order chi connectivity index (χ1) is 10.2. The molecule has 0 spiro atoms. The second-order valence-corrected chi connectivity index (χ2v) is 11.9. The summed E-state index contributed by atoms with van der Waals surface area (Å²) in [4.78, 5) is 0. The highest BCUT2D eigenvalue weighted by atomic mass is 32.9. The van der Waals surface area contributed by atoms with Gasteiger partial charge in [0, 0.05) is 5.75 Å². The predicted molar refractivity (Wildman–Crippen MR) is 102 cm³/mol. The molecule has 0 aliphatic rings. The van der Waals surface area contributed by atoms with E-state index in [0.29, 0.717) is 0 Å². The van der Waals surface area contributed by atoms with Crippen LogP contribution in [-0.4, -0.2) is 19.0 Å². The Morgan fingerprint density at radius 1 is 0.714 bits per heavy atom. The third-order valence-electron chi connectivity index (χ3n) is 3.24. The zero-order valence-corrected chi connectivity index (χ0v) is 16.8. The summed E-state index contributed by atoms with van der Waals surface area (Å²) in [5.41, 5.74) is -2.10. The van der Waals surface area contributed by atoms with Crippen molar-refractivity contribution in [1.29, 1.82) is 0 Å². The Morgan fingerprint density at radius 3 is 1.67 bits per heavy atom. The van der Waals surface area contributed by atoms with Gasteiger partial charge in [-0.2, -0.15) is 0 Å². The summed E-state index contributed by atoms with van der Waals surface area (Å²) in [7, 11) is 0. The van der Waals surface area contributed by atoms with Crippen molar-refractivity contribution in [3.63, 3.8) is 0 Å². The Bertz CT molecular complexity index is 247. The van der Waals surface area contributed by atoms with Gasteiger partial charge in [0.25, 0.3) is 0 Å². The molecule has 0 rings (SSSR count). The second-order valence-electron chi connectivity index (χ2n) is 5.42. The minimum Gasteiger partial charge on any atom is -0.322 e. The van der Waals surface area contributed by atoms with Gasteiger partial charge in [-0.3, -0.25) is 0 Å². The Labute approximate surface area is 142 Å². The third kappa shape index (κ3) is 14.3. The van der Waals surface area contributed by atoms with Crippen LogP contribution in [0.1, 0.15) is 85.0 Å². The van der Waals surface area contributed by atoms with Gasteiger partial charge >= 0.3 is 0 Å². The molecular formula is C16H35O2PS2. The topological polar surface area (TPSA) is 18.5 Å². The lowest BCUT2D eigenvalue weighted by Gasteiger charge is -2.21. The first kappa shape index (κ1) is 21.9. The highest BCUT2D eigenvalue weighted by Gasteiger charge is 2.19. The van der Waals surface area contributed by atoms with Gasteiger partial charge in [0.05, 0.1) is 13.2 Å². The fraction of sp³-hybridized carbons (Fsp3) is 1.00. The van der Waals surface area contributed by atoms with E-state index in [1.807, 2.05) is 0 Å². The Morgan fingerprint density at radius 2 is 1.19 bits per heavy atom. The average Bonchev–Trinajstić information content (AvgIpc) is 2.48. The molecule has 21 heavy (non-hydrogen) atoms. The van der Waals surface area contributed by atoms with E-state index in [2.05, 4.69) is 20.8 Å². The van der Waals surface area contributed by atoms with Gasteiger partial charge in [-0.1, -0.05) is 77.1 Å². The van der Waals surface area contributed by atoms with Crippen LogP contribution in [0.15, 0.2) is 0 Å². The second kappa shape index (κ2) is 15.8. The van der Waals surface area contributed by atoms with E-state index >= 15 is 0 Å². The van der Waals surface area contributed by atoms with Crippen molar-refractivity contribution < 1.29 is 9.05 Å². The van der Waals surface area contributed by atoms with E-state index in [1.54, 1.807) is 11.4 Å². The molecule has 0 unspecified atom stereocenters. The number of rotatable bonds is 16. The summed E-state index contributed by atoms with van der Waals surface area (Å²) < 4.78 is 12.0. The van der Waals surface area contributed by atoms with Crippen LogP contribution in [0.5, 0.6) is 0 Å². The lowest BCUT2D eigenvalue weighted by molar-refractivity contribution is 0.250.